The zero-order chi connectivity index (χ0) is 18.8. The lowest BCUT2D eigenvalue weighted by Crippen LogP contribution is -2.28. The standard InChI is InChI=1S/C20H22N4O3/c1-27-14-7-6-12-10-13(19(25)22-17(12)11-14)8-9-21-20(26)18-15-4-2-3-5-16(15)23-24-18/h6-7,10-11H,2-5,8-9H2,1H3,(H,21,26)(H,22,25)(H,23,24). The van der Waals surface area contributed by atoms with Gasteiger partial charge in [-0.3, -0.25) is 14.7 Å². The highest BCUT2D eigenvalue weighted by Gasteiger charge is 2.21. The number of aromatic amines is 2. The Morgan fingerprint density at radius 3 is 2.96 bits per heavy atom. The molecule has 1 amide bonds. The number of nitrogens with zero attached hydrogens (tertiary/aromatic N) is 1. The summed E-state index contributed by atoms with van der Waals surface area (Å²) in [5.41, 5.74) is 3.82. The maximum atomic E-state index is 12.4. The van der Waals surface area contributed by atoms with E-state index in [9.17, 15) is 9.59 Å². The lowest BCUT2D eigenvalue weighted by atomic mass is 9.96. The average molecular weight is 366 g/mol. The number of rotatable bonds is 5. The molecule has 1 aromatic carbocycles. The molecule has 140 valence electrons. The normalized spacial score (nSPS) is 13.4. The van der Waals surface area contributed by atoms with Gasteiger partial charge in [-0.2, -0.15) is 5.10 Å². The molecule has 0 unspecified atom stereocenters. The number of benzene rings is 1. The Labute approximate surface area is 156 Å². The van der Waals surface area contributed by atoms with Crippen molar-refractivity contribution in [1.82, 2.24) is 20.5 Å². The van der Waals surface area contributed by atoms with Gasteiger partial charge in [0.15, 0.2) is 5.69 Å². The number of pyridine rings is 1. The number of fused-ring (bicyclic) bond motifs is 2. The second kappa shape index (κ2) is 7.26. The van der Waals surface area contributed by atoms with Gasteiger partial charge >= 0.3 is 0 Å². The van der Waals surface area contributed by atoms with E-state index in [1.165, 1.54) is 0 Å². The number of methoxy groups -OCH3 is 1. The lowest BCUT2D eigenvalue weighted by Gasteiger charge is -2.11. The summed E-state index contributed by atoms with van der Waals surface area (Å²) < 4.78 is 5.18. The number of hydrogen-bond donors (Lipinski definition) is 3. The first-order valence-corrected chi connectivity index (χ1v) is 9.20. The Hall–Kier alpha value is -3.09. The highest BCUT2D eigenvalue weighted by Crippen LogP contribution is 2.22. The van der Waals surface area contributed by atoms with Crippen molar-refractivity contribution in [3.63, 3.8) is 0 Å². The van der Waals surface area contributed by atoms with E-state index in [0.717, 1.165) is 47.8 Å². The van der Waals surface area contributed by atoms with Crippen molar-refractivity contribution in [3.05, 3.63) is 57.1 Å². The van der Waals surface area contributed by atoms with Gasteiger partial charge in [0.25, 0.3) is 11.5 Å². The topological polar surface area (TPSA) is 99.9 Å². The van der Waals surface area contributed by atoms with Crippen molar-refractivity contribution in [2.75, 3.05) is 13.7 Å². The van der Waals surface area contributed by atoms with Gasteiger partial charge in [0.05, 0.1) is 12.6 Å². The summed E-state index contributed by atoms with van der Waals surface area (Å²) in [6.07, 6.45) is 4.52. The van der Waals surface area contributed by atoms with Gasteiger partial charge in [0.1, 0.15) is 5.75 Å². The van der Waals surface area contributed by atoms with Gasteiger partial charge < -0.3 is 15.0 Å². The number of aryl methyl sites for hydroxylation is 1. The summed E-state index contributed by atoms with van der Waals surface area (Å²) in [5.74, 6) is 0.511. The van der Waals surface area contributed by atoms with Crippen LogP contribution >= 0.6 is 0 Å². The van der Waals surface area contributed by atoms with Crippen molar-refractivity contribution in [3.8, 4) is 5.75 Å². The fraction of sp³-hybridized carbons (Fsp3) is 0.350. The first-order chi connectivity index (χ1) is 13.2. The molecule has 0 fully saturated rings. The number of aromatic nitrogens is 3. The van der Waals surface area contributed by atoms with E-state index in [2.05, 4.69) is 20.5 Å². The van der Waals surface area contributed by atoms with Crippen LogP contribution in [0.3, 0.4) is 0 Å². The number of H-pyrrole nitrogens is 2. The van der Waals surface area contributed by atoms with Crippen molar-refractivity contribution in [2.45, 2.75) is 32.1 Å². The third-order valence-electron chi connectivity index (χ3n) is 5.08. The molecule has 7 nitrogen and oxygen atoms in total. The van der Waals surface area contributed by atoms with E-state index in [0.29, 0.717) is 30.0 Å². The molecule has 7 heteroatoms. The maximum Gasteiger partial charge on any atom is 0.272 e. The van der Waals surface area contributed by atoms with Gasteiger partial charge in [-0.25, -0.2) is 0 Å². The molecule has 2 heterocycles. The Morgan fingerprint density at radius 2 is 2.11 bits per heavy atom. The summed E-state index contributed by atoms with van der Waals surface area (Å²) >= 11 is 0. The van der Waals surface area contributed by atoms with Crippen molar-refractivity contribution >= 4 is 16.8 Å². The van der Waals surface area contributed by atoms with E-state index >= 15 is 0 Å². The highest BCUT2D eigenvalue weighted by atomic mass is 16.5. The number of amides is 1. The minimum Gasteiger partial charge on any atom is -0.497 e. The monoisotopic (exact) mass is 366 g/mol. The maximum absolute atomic E-state index is 12.4. The molecule has 1 aliphatic carbocycles. The van der Waals surface area contributed by atoms with Gasteiger partial charge in [-0.1, -0.05) is 0 Å². The van der Waals surface area contributed by atoms with Crippen molar-refractivity contribution in [1.29, 1.82) is 0 Å². The van der Waals surface area contributed by atoms with E-state index in [1.807, 2.05) is 18.2 Å². The average Bonchev–Trinajstić information content (AvgIpc) is 3.12. The number of nitrogens with one attached hydrogen (secondary N) is 3. The van der Waals surface area contributed by atoms with Crippen LogP contribution < -0.4 is 15.6 Å². The molecule has 3 N–H and O–H groups in total. The van der Waals surface area contributed by atoms with E-state index in [1.54, 1.807) is 13.2 Å². The molecule has 0 saturated carbocycles. The molecule has 0 saturated heterocycles. The number of carbonyl (C=O) groups is 1. The third-order valence-corrected chi connectivity index (χ3v) is 5.08. The molecular weight excluding hydrogens is 344 g/mol. The van der Waals surface area contributed by atoms with Crippen LogP contribution in [0.2, 0.25) is 0 Å². The summed E-state index contributed by atoms with van der Waals surface area (Å²) in [4.78, 5) is 27.6. The molecule has 0 atom stereocenters. The highest BCUT2D eigenvalue weighted by molar-refractivity contribution is 5.94. The zero-order valence-electron chi connectivity index (χ0n) is 15.2. The number of ether oxygens (including phenoxy) is 1. The number of carbonyl (C=O) groups excluding carboxylic acids is 1. The Morgan fingerprint density at radius 1 is 1.26 bits per heavy atom. The van der Waals surface area contributed by atoms with Crippen LogP contribution in [0.25, 0.3) is 10.9 Å². The van der Waals surface area contributed by atoms with Gasteiger partial charge in [0, 0.05) is 29.4 Å². The van der Waals surface area contributed by atoms with Crippen LogP contribution in [0.15, 0.2) is 29.1 Å². The summed E-state index contributed by atoms with van der Waals surface area (Å²) in [5, 5.41) is 11.0. The summed E-state index contributed by atoms with van der Waals surface area (Å²) in [7, 11) is 1.59. The predicted octanol–water partition coefficient (Wildman–Crippen LogP) is 2.11. The Kier molecular flexibility index (Phi) is 4.66. The molecule has 1 aliphatic rings. The Bertz CT molecular complexity index is 1050. The molecule has 2 aromatic heterocycles. The predicted molar refractivity (Wildman–Crippen MR) is 102 cm³/mol. The molecule has 0 radical (unpaired) electrons. The summed E-state index contributed by atoms with van der Waals surface area (Å²) in [6.45, 7) is 0.380. The van der Waals surface area contributed by atoms with Crippen LogP contribution in [0.4, 0.5) is 0 Å². The van der Waals surface area contributed by atoms with Crippen LogP contribution in [-0.2, 0) is 19.3 Å². The second-order valence-electron chi connectivity index (χ2n) is 6.82. The Balaban J connectivity index is 1.44. The van der Waals surface area contributed by atoms with Crippen molar-refractivity contribution < 1.29 is 9.53 Å². The zero-order valence-corrected chi connectivity index (χ0v) is 15.2. The molecule has 0 bridgehead atoms. The minimum absolute atomic E-state index is 0.151. The molecular formula is C20H22N4O3. The van der Waals surface area contributed by atoms with Gasteiger partial charge in [0.2, 0.25) is 0 Å². The quantitative estimate of drug-likeness (QED) is 0.644. The second-order valence-corrected chi connectivity index (χ2v) is 6.82. The lowest BCUT2D eigenvalue weighted by molar-refractivity contribution is 0.0948. The van der Waals surface area contributed by atoms with E-state index in [-0.39, 0.29) is 11.5 Å². The third kappa shape index (κ3) is 3.45. The first kappa shape index (κ1) is 17.3. The van der Waals surface area contributed by atoms with Crippen LogP contribution in [0, 0.1) is 0 Å². The molecule has 4 rings (SSSR count). The first-order valence-electron chi connectivity index (χ1n) is 9.20. The molecule has 0 aliphatic heterocycles. The van der Waals surface area contributed by atoms with Crippen molar-refractivity contribution in [2.24, 2.45) is 0 Å². The summed E-state index contributed by atoms with van der Waals surface area (Å²) in [6, 6.07) is 7.41. The van der Waals surface area contributed by atoms with E-state index in [4.69, 9.17) is 4.74 Å². The molecule has 0 spiro atoms. The fourth-order valence-electron chi connectivity index (χ4n) is 3.60. The van der Waals surface area contributed by atoms with Gasteiger partial charge in [-0.15, -0.1) is 0 Å². The number of hydrogen-bond acceptors (Lipinski definition) is 4. The molecule has 27 heavy (non-hydrogen) atoms. The van der Waals surface area contributed by atoms with Crippen LogP contribution in [0.5, 0.6) is 5.75 Å². The van der Waals surface area contributed by atoms with Crippen LogP contribution in [0.1, 0.15) is 40.2 Å². The fourth-order valence-corrected chi connectivity index (χ4v) is 3.60. The van der Waals surface area contributed by atoms with E-state index < -0.39 is 0 Å². The largest absolute Gasteiger partial charge is 0.497 e. The smallest absolute Gasteiger partial charge is 0.272 e. The van der Waals surface area contributed by atoms with Gasteiger partial charge in [-0.05, 0) is 55.7 Å². The minimum atomic E-state index is -0.184. The van der Waals surface area contributed by atoms with Crippen LogP contribution in [-0.4, -0.2) is 34.7 Å². The molecule has 3 aromatic rings. The SMILES string of the molecule is COc1ccc2cc(CCNC(=O)c3n[nH]c4c3CCCC4)c(=O)[nH]c2c1.